The molecule has 3 rings (SSSR count). The summed E-state index contributed by atoms with van der Waals surface area (Å²) in [5.41, 5.74) is 1.83. The van der Waals surface area contributed by atoms with Crippen LogP contribution in [0.15, 0.2) is 53.5 Å². The van der Waals surface area contributed by atoms with Crippen molar-refractivity contribution in [1.29, 1.82) is 0 Å². The maximum absolute atomic E-state index is 12.8. The number of carbonyl (C=O) groups is 1. The summed E-state index contributed by atoms with van der Waals surface area (Å²) in [6, 6.07) is 13.1. The van der Waals surface area contributed by atoms with Crippen LogP contribution in [0.1, 0.15) is 20.3 Å². The van der Waals surface area contributed by atoms with Crippen LogP contribution < -0.4 is 15.8 Å². The van der Waals surface area contributed by atoms with Crippen molar-refractivity contribution in [3.63, 3.8) is 0 Å². The van der Waals surface area contributed by atoms with Gasteiger partial charge in [-0.15, -0.1) is 0 Å². The molecule has 0 fully saturated rings. The van der Waals surface area contributed by atoms with Gasteiger partial charge in [-0.05, 0) is 24.1 Å². The minimum Gasteiger partial charge on any atom is -0.379 e. The Morgan fingerprint density at radius 2 is 1.96 bits per heavy atom. The fourth-order valence-corrected chi connectivity index (χ4v) is 2.98. The second-order valence-electron chi connectivity index (χ2n) is 6.50. The first-order valence-corrected chi connectivity index (χ1v) is 8.37. The van der Waals surface area contributed by atoms with Crippen molar-refractivity contribution in [3.8, 4) is 0 Å². The average molecular weight is 325 g/mol. The summed E-state index contributed by atoms with van der Waals surface area (Å²) in [4.78, 5) is 26.4. The number of pyridine rings is 1. The van der Waals surface area contributed by atoms with Crippen molar-refractivity contribution in [2.75, 3.05) is 16.8 Å². The van der Waals surface area contributed by atoms with Gasteiger partial charge in [-0.1, -0.05) is 32.0 Å². The molecule has 1 aliphatic heterocycles. The van der Waals surface area contributed by atoms with Crippen molar-refractivity contribution in [1.82, 2.24) is 4.57 Å². The Balaban J connectivity index is 1.78. The molecule has 0 unspecified atom stereocenters. The summed E-state index contributed by atoms with van der Waals surface area (Å²) >= 11 is 0. The Hall–Kier alpha value is -2.56. The molecule has 2 heterocycles. The number of hydrogen-bond acceptors (Lipinski definition) is 3. The zero-order valence-electron chi connectivity index (χ0n) is 14.1. The number of para-hydroxylation sites is 2. The maximum Gasteiger partial charge on any atom is 0.250 e. The van der Waals surface area contributed by atoms with Crippen LogP contribution >= 0.6 is 0 Å². The molecule has 0 aliphatic carbocycles. The lowest BCUT2D eigenvalue weighted by Crippen LogP contribution is -2.47. The lowest BCUT2D eigenvalue weighted by atomic mass is 9.99. The summed E-state index contributed by atoms with van der Waals surface area (Å²) in [6.07, 6.45) is 2.03. The fourth-order valence-electron chi connectivity index (χ4n) is 2.98. The molecule has 0 bridgehead atoms. The van der Waals surface area contributed by atoms with E-state index >= 15 is 0 Å². The molecule has 0 saturated heterocycles. The second-order valence-corrected chi connectivity index (χ2v) is 6.50. The maximum atomic E-state index is 12.8. The monoisotopic (exact) mass is 325 g/mol. The van der Waals surface area contributed by atoms with Crippen LogP contribution in [0.25, 0.3) is 0 Å². The standard InChI is InChI=1S/C19H23N3O2/c1-14(2)16-13-22(17-8-4-3-7-15(17)20-16)19(24)10-12-21-11-6-5-9-18(21)23/h3-9,11,14,16,20H,10,12-13H2,1-2H3/t16-/m1/s1. The lowest BCUT2D eigenvalue weighted by Gasteiger charge is -2.37. The van der Waals surface area contributed by atoms with Gasteiger partial charge in [0.2, 0.25) is 5.91 Å². The van der Waals surface area contributed by atoms with Crippen LogP contribution in [0.2, 0.25) is 0 Å². The Kier molecular flexibility index (Phi) is 4.69. The first-order chi connectivity index (χ1) is 11.6. The van der Waals surface area contributed by atoms with Gasteiger partial charge >= 0.3 is 0 Å². The van der Waals surface area contributed by atoms with Crippen LogP contribution in [-0.2, 0) is 11.3 Å². The fraction of sp³-hybridized carbons (Fsp3) is 0.368. The summed E-state index contributed by atoms with van der Waals surface area (Å²) < 4.78 is 1.58. The highest BCUT2D eigenvalue weighted by Gasteiger charge is 2.29. The summed E-state index contributed by atoms with van der Waals surface area (Å²) in [6.45, 7) is 5.35. The van der Waals surface area contributed by atoms with Crippen molar-refractivity contribution >= 4 is 17.3 Å². The Bertz CT molecular complexity index is 782. The minimum atomic E-state index is -0.0777. The molecule has 1 aromatic carbocycles. The molecule has 1 amide bonds. The van der Waals surface area contributed by atoms with Gasteiger partial charge in [0.15, 0.2) is 0 Å². The highest BCUT2D eigenvalue weighted by Crippen LogP contribution is 2.32. The number of anilines is 2. The number of nitrogens with one attached hydrogen (secondary N) is 1. The van der Waals surface area contributed by atoms with E-state index in [0.29, 0.717) is 25.4 Å². The normalized spacial score (nSPS) is 16.6. The van der Waals surface area contributed by atoms with Gasteiger partial charge in [0.1, 0.15) is 0 Å². The zero-order valence-corrected chi connectivity index (χ0v) is 14.1. The van der Waals surface area contributed by atoms with Gasteiger partial charge in [0.05, 0.1) is 11.4 Å². The topological polar surface area (TPSA) is 54.3 Å². The van der Waals surface area contributed by atoms with E-state index in [2.05, 4.69) is 19.2 Å². The van der Waals surface area contributed by atoms with Crippen LogP contribution in [0.3, 0.4) is 0 Å². The number of rotatable bonds is 4. The molecule has 126 valence electrons. The third kappa shape index (κ3) is 3.35. The molecule has 2 aromatic rings. The van der Waals surface area contributed by atoms with Crippen LogP contribution in [0.5, 0.6) is 0 Å². The first kappa shape index (κ1) is 16.3. The molecule has 0 saturated carbocycles. The Morgan fingerprint density at radius 1 is 1.21 bits per heavy atom. The minimum absolute atomic E-state index is 0.0466. The number of hydrogen-bond donors (Lipinski definition) is 1. The Labute approximate surface area is 141 Å². The van der Waals surface area contributed by atoms with Crippen molar-refractivity contribution in [2.24, 2.45) is 5.92 Å². The predicted octanol–water partition coefficient (Wildman–Crippen LogP) is 2.72. The number of aromatic nitrogens is 1. The van der Waals surface area contributed by atoms with Crippen molar-refractivity contribution < 1.29 is 4.79 Å². The number of nitrogens with zero attached hydrogens (tertiary/aromatic N) is 2. The van der Waals surface area contributed by atoms with E-state index in [1.807, 2.05) is 29.2 Å². The van der Waals surface area contributed by atoms with E-state index in [1.165, 1.54) is 6.07 Å². The molecule has 5 heteroatoms. The number of benzene rings is 1. The highest BCUT2D eigenvalue weighted by molar-refractivity contribution is 5.97. The van der Waals surface area contributed by atoms with Crippen molar-refractivity contribution in [3.05, 3.63) is 59.0 Å². The molecule has 1 N–H and O–H groups in total. The molecule has 0 radical (unpaired) electrons. The number of aryl methyl sites for hydroxylation is 1. The predicted molar refractivity (Wildman–Crippen MR) is 96.4 cm³/mol. The smallest absolute Gasteiger partial charge is 0.250 e. The molecule has 0 spiro atoms. The second kappa shape index (κ2) is 6.91. The number of carbonyl (C=O) groups excluding carboxylic acids is 1. The first-order valence-electron chi connectivity index (χ1n) is 8.37. The van der Waals surface area contributed by atoms with Gasteiger partial charge in [-0.3, -0.25) is 9.59 Å². The van der Waals surface area contributed by atoms with Gasteiger partial charge in [0, 0.05) is 37.8 Å². The summed E-state index contributed by atoms with van der Waals surface area (Å²) in [5.74, 6) is 0.468. The zero-order chi connectivity index (χ0) is 17.1. The molecule has 1 aromatic heterocycles. The van der Waals surface area contributed by atoms with E-state index in [1.54, 1.807) is 22.9 Å². The molecule has 5 nitrogen and oxygen atoms in total. The van der Waals surface area contributed by atoms with E-state index in [9.17, 15) is 9.59 Å². The molecular formula is C19H23N3O2. The van der Waals surface area contributed by atoms with Gasteiger partial charge in [0.25, 0.3) is 5.56 Å². The van der Waals surface area contributed by atoms with Gasteiger partial charge < -0.3 is 14.8 Å². The van der Waals surface area contributed by atoms with Crippen LogP contribution in [0.4, 0.5) is 11.4 Å². The molecular weight excluding hydrogens is 302 g/mol. The highest BCUT2D eigenvalue weighted by atomic mass is 16.2. The van der Waals surface area contributed by atoms with Crippen LogP contribution in [-0.4, -0.2) is 23.1 Å². The largest absolute Gasteiger partial charge is 0.379 e. The number of fused-ring (bicyclic) bond motifs is 1. The van der Waals surface area contributed by atoms with Gasteiger partial charge in [-0.2, -0.15) is 0 Å². The summed E-state index contributed by atoms with van der Waals surface area (Å²) in [7, 11) is 0. The van der Waals surface area contributed by atoms with E-state index in [-0.39, 0.29) is 17.5 Å². The summed E-state index contributed by atoms with van der Waals surface area (Å²) in [5, 5.41) is 3.52. The van der Waals surface area contributed by atoms with E-state index in [0.717, 1.165) is 11.4 Å². The average Bonchev–Trinajstić information content (AvgIpc) is 2.59. The van der Waals surface area contributed by atoms with Crippen molar-refractivity contribution in [2.45, 2.75) is 32.9 Å². The third-order valence-electron chi connectivity index (χ3n) is 4.49. The van der Waals surface area contributed by atoms with E-state index in [4.69, 9.17) is 0 Å². The molecule has 1 atom stereocenters. The third-order valence-corrected chi connectivity index (χ3v) is 4.49. The lowest BCUT2D eigenvalue weighted by molar-refractivity contribution is -0.118. The quantitative estimate of drug-likeness (QED) is 0.940. The SMILES string of the molecule is CC(C)[C@H]1CN(C(=O)CCn2ccccc2=O)c2ccccc2N1. The Morgan fingerprint density at radius 3 is 2.71 bits per heavy atom. The van der Waals surface area contributed by atoms with Gasteiger partial charge in [-0.25, -0.2) is 0 Å². The number of amides is 1. The molecule has 1 aliphatic rings. The van der Waals surface area contributed by atoms with Crippen LogP contribution in [0, 0.1) is 5.92 Å². The molecule has 24 heavy (non-hydrogen) atoms. The van der Waals surface area contributed by atoms with E-state index < -0.39 is 0 Å².